The summed E-state index contributed by atoms with van der Waals surface area (Å²) in [4.78, 5) is 54.6. The number of hydrogen-bond acceptors (Lipinski definition) is 5. The van der Waals surface area contributed by atoms with Crippen LogP contribution in [-0.4, -0.2) is 89.7 Å². The molecule has 2 aliphatic heterocycles. The van der Waals surface area contributed by atoms with E-state index >= 15 is 0 Å². The maximum absolute atomic E-state index is 12.6. The molecule has 1 atom stereocenters. The van der Waals surface area contributed by atoms with Gasteiger partial charge in [-0.2, -0.15) is 0 Å². The standard InChI is InChI=1S/C17H22N4O5/c1-18-12(15(23)19(2)17(18)25)11-14(22)20-6-4-7-21(9-8-20)16(24)13-5-3-10-26-13/h3,5,10,12H,4,6-9,11H2,1-2H3/t12-/m0/s1. The van der Waals surface area contributed by atoms with Crippen molar-refractivity contribution in [1.29, 1.82) is 0 Å². The molecule has 26 heavy (non-hydrogen) atoms. The highest BCUT2D eigenvalue weighted by Gasteiger charge is 2.42. The van der Waals surface area contributed by atoms with Crippen LogP contribution in [0.25, 0.3) is 0 Å². The highest BCUT2D eigenvalue weighted by atomic mass is 16.3. The van der Waals surface area contributed by atoms with Gasteiger partial charge >= 0.3 is 6.03 Å². The molecule has 2 saturated heterocycles. The number of carbonyl (C=O) groups is 4. The molecule has 0 spiro atoms. The van der Waals surface area contributed by atoms with Crippen LogP contribution in [0.5, 0.6) is 0 Å². The number of likely N-dealkylation sites (N-methyl/N-ethyl adjacent to an activating group) is 2. The average Bonchev–Trinajstić information content (AvgIpc) is 3.13. The summed E-state index contributed by atoms with van der Waals surface area (Å²) < 4.78 is 5.14. The van der Waals surface area contributed by atoms with Crippen LogP contribution in [0, 0.1) is 0 Å². The number of carbonyl (C=O) groups excluding carboxylic acids is 4. The summed E-state index contributed by atoms with van der Waals surface area (Å²) in [6.45, 7) is 1.83. The molecule has 0 aromatic carbocycles. The lowest BCUT2D eigenvalue weighted by Crippen LogP contribution is -2.41. The van der Waals surface area contributed by atoms with Crippen LogP contribution in [-0.2, 0) is 9.59 Å². The normalized spacial score (nSPS) is 21.4. The number of amides is 5. The van der Waals surface area contributed by atoms with Crippen molar-refractivity contribution in [3.63, 3.8) is 0 Å². The fourth-order valence-corrected chi connectivity index (χ4v) is 3.30. The Kier molecular flexibility index (Phi) is 4.97. The second-order valence-electron chi connectivity index (χ2n) is 6.51. The van der Waals surface area contributed by atoms with Crippen molar-refractivity contribution < 1.29 is 23.6 Å². The summed E-state index contributed by atoms with van der Waals surface area (Å²) in [5.74, 6) is -0.465. The van der Waals surface area contributed by atoms with Crippen LogP contribution < -0.4 is 0 Å². The lowest BCUT2D eigenvalue weighted by molar-refractivity contribution is -0.136. The van der Waals surface area contributed by atoms with Crippen LogP contribution in [0.3, 0.4) is 0 Å². The van der Waals surface area contributed by atoms with Crippen molar-refractivity contribution in [2.75, 3.05) is 40.3 Å². The zero-order chi connectivity index (χ0) is 18.8. The third-order valence-corrected chi connectivity index (χ3v) is 4.91. The quantitative estimate of drug-likeness (QED) is 0.718. The molecule has 140 valence electrons. The van der Waals surface area contributed by atoms with Crippen molar-refractivity contribution in [1.82, 2.24) is 19.6 Å². The van der Waals surface area contributed by atoms with E-state index in [2.05, 4.69) is 0 Å². The molecule has 1 aromatic rings. The van der Waals surface area contributed by atoms with Crippen molar-refractivity contribution in [2.24, 2.45) is 0 Å². The van der Waals surface area contributed by atoms with Gasteiger partial charge in [0.1, 0.15) is 6.04 Å². The summed E-state index contributed by atoms with van der Waals surface area (Å²) in [5.41, 5.74) is 0. The van der Waals surface area contributed by atoms with Gasteiger partial charge < -0.3 is 19.1 Å². The highest BCUT2D eigenvalue weighted by Crippen LogP contribution is 2.18. The molecule has 3 rings (SSSR count). The number of hydrogen-bond donors (Lipinski definition) is 0. The van der Waals surface area contributed by atoms with E-state index in [1.54, 1.807) is 21.9 Å². The second kappa shape index (κ2) is 7.19. The molecular weight excluding hydrogens is 340 g/mol. The van der Waals surface area contributed by atoms with Gasteiger partial charge in [0.15, 0.2) is 5.76 Å². The molecule has 0 N–H and O–H groups in total. The van der Waals surface area contributed by atoms with Crippen LogP contribution >= 0.6 is 0 Å². The number of urea groups is 1. The lowest BCUT2D eigenvalue weighted by Gasteiger charge is -2.24. The van der Waals surface area contributed by atoms with E-state index in [-0.39, 0.29) is 29.9 Å². The molecule has 2 fully saturated rings. The van der Waals surface area contributed by atoms with Gasteiger partial charge in [-0.05, 0) is 18.6 Å². The van der Waals surface area contributed by atoms with Gasteiger partial charge in [0, 0.05) is 40.3 Å². The summed E-state index contributed by atoms with van der Waals surface area (Å²) in [6.07, 6.45) is 2.05. The minimum absolute atomic E-state index is 0.0441. The van der Waals surface area contributed by atoms with Crippen LogP contribution in [0.2, 0.25) is 0 Å². The topological polar surface area (TPSA) is 94.4 Å². The first-order valence-electron chi connectivity index (χ1n) is 8.55. The predicted molar refractivity (Wildman–Crippen MR) is 90.1 cm³/mol. The van der Waals surface area contributed by atoms with Crippen LogP contribution in [0.4, 0.5) is 4.79 Å². The van der Waals surface area contributed by atoms with Gasteiger partial charge in [0.2, 0.25) is 5.91 Å². The van der Waals surface area contributed by atoms with Crippen molar-refractivity contribution in [2.45, 2.75) is 18.9 Å². The second-order valence-corrected chi connectivity index (χ2v) is 6.51. The molecule has 1 aromatic heterocycles. The molecule has 3 heterocycles. The Hall–Kier alpha value is -2.84. The largest absolute Gasteiger partial charge is 0.459 e. The Morgan fingerprint density at radius 2 is 1.81 bits per heavy atom. The third kappa shape index (κ3) is 3.29. The van der Waals surface area contributed by atoms with Crippen molar-refractivity contribution in [3.8, 4) is 0 Å². The minimum atomic E-state index is -0.760. The summed E-state index contributed by atoms with van der Waals surface area (Å²) in [5, 5.41) is 0. The van der Waals surface area contributed by atoms with E-state index in [9.17, 15) is 19.2 Å². The zero-order valence-electron chi connectivity index (χ0n) is 14.9. The fraction of sp³-hybridized carbons (Fsp3) is 0.529. The van der Waals surface area contributed by atoms with E-state index in [0.29, 0.717) is 32.6 Å². The number of rotatable bonds is 3. The van der Waals surface area contributed by atoms with E-state index in [0.717, 1.165) is 4.90 Å². The molecule has 0 aliphatic carbocycles. The Balaban J connectivity index is 1.59. The van der Waals surface area contributed by atoms with Gasteiger partial charge in [-0.15, -0.1) is 0 Å². The summed E-state index contributed by atoms with van der Waals surface area (Å²) >= 11 is 0. The van der Waals surface area contributed by atoms with Crippen molar-refractivity contribution >= 4 is 23.8 Å². The first kappa shape index (κ1) is 18.0. The molecule has 2 aliphatic rings. The average molecular weight is 362 g/mol. The van der Waals surface area contributed by atoms with E-state index < -0.39 is 12.1 Å². The zero-order valence-corrected chi connectivity index (χ0v) is 14.9. The third-order valence-electron chi connectivity index (χ3n) is 4.91. The fourth-order valence-electron chi connectivity index (χ4n) is 3.30. The molecule has 0 bridgehead atoms. The Morgan fingerprint density at radius 1 is 1.12 bits per heavy atom. The maximum Gasteiger partial charge on any atom is 0.326 e. The molecule has 9 nitrogen and oxygen atoms in total. The van der Waals surface area contributed by atoms with Crippen LogP contribution in [0.15, 0.2) is 22.8 Å². The summed E-state index contributed by atoms with van der Waals surface area (Å²) in [6, 6.07) is 2.11. The van der Waals surface area contributed by atoms with E-state index in [1.165, 1.54) is 25.3 Å². The summed E-state index contributed by atoms with van der Waals surface area (Å²) in [7, 11) is 2.93. The van der Waals surface area contributed by atoms with Gasteiger partial charge in [0.25, 0.3) is 11.8 Å². The van der Waals surface area contributed by atoms with E-state index in [1.807, 2.05) is 0 Å². The Morgan fingerprint density at radius 3 is 2.42 bits per heavy atom. The highest BCUT2D eigenvalue weighted by molar-refractivity contribution is 6.05. The first-order chi connectivity index (χ1) is 12.4. The predicted octanol–water partition coefficient (Wildman–Crippen LogP) is 0.237. The Bertz CT molecular complexity index is 717. The van der Waals surface area contributed by atoms with Gasteiger partial charge in [-0.1, -0.05) is 0 Å². The molecular formula is C17H22N4O5. The van der Waals surface area contributed by atoms with Gasteiger partial charge in [0.05, 0.1) is 12.7 Å². The molecule has 9 heteroatoms. The first-order valence-corrected chi connectivity index (χ1v) is 8.55. The smallest absolute Gasteiger partial charge is 0.326 e. The molecule has 5 amide bonds. The molecule has 0 unspecified atom stereocenters. The monoisotopic (exact) mass is 362 g/mol. The van der Waals surface area contributed by atoms with Gasteiger partial charge in [-0.3, -0.25) is 19.3 Å². The minimum Gasteiger partial charge on any atom is -0.459 e. The molecule has 0 saturated carbocycles. The van der Waals surface area contributed by atoms with Crippen LogP contribution in [0.1, 0.15) is 23.4 Å². The lowest BCUT2D eigenvalue weighted by atomic mass is 10.1. The Labute approximate surface area is 151 Å². The molecule has 0 radical (unpaired) electrons. The van der Waals surface area contributed by atoms with Gasteiger partial charge in [-0.25, -0.2) is 4.79 Å². The maximum atomic E-state index is 12.6. The SMILES string of the molecule is CN1C(=O)[C@H](CC(=O)N2CCCN(C(=O)c3ccco3)CC2)N(C)C1=O. The number of nitrogens with zero attached hydrogens (tertiary/aromatic N) is 4. The van der Waals surface area contributed by atoms with E-state index in [4.69, 9.17) is 4.42 Å². The number of furan rings is 1. The number of imide groups is 1. The van der Waals surface area contributed by atoms with Crippen molar-refractivity contribution in [3.05, 3.63) is 24.2 Å².